The molecule has 2 aromatic rings. The first-order valence-electron chi connectivity index (χ1n) is 9.82. The molecule has 1 amide bonds. The van der Waals surface area contributed by atoms with Crippen molar-refractivity contribution in [2.24, 2.45) is 0 Å². The van der Waals surface area contributed by atoms with E-state index in [2.05, 4.69) is 11.4 Å². The summed E-state index contributed by atoms with van der Waals surface area (Å²) in [5.41, 5.74) is 1.95. The lowest BCUT2D eigenvalue weighted by molar-refractivity contribution is -0.119. The van der Waals surface area contributed by atoms with E-state index >= 15 is 0 Å². The molecule has 2 aliphatic rings. The number of nitrogens with one attached hydrogen (secondary N) is 1. The van der Waals surface area contributed by atoms with Crippen LogP contribution in [0.15, 0.2) is 36.4 Å². The molecule has 160 valence electrons. The molecule has 2 aliphatic heterocycles. The van der Waals surface area contributed by atoms with Crippen molar-refractivity contribution in [3.63, 3.8) is 0 Å². The average Bonchev–Trinajstić information content (AvgIpc) is 3.22. The highest BCUT2D eigenvalue weighted by atomic mass is 35.5. The Bertz CT molecular complexity index is 918. The van der Waals surface area contributed by atoms with Crippen molar-refractivity contribution in [3.8, 4) is 11.5 Å². The number of fused-ring (bicyclic) bond motifs is 1. The van der Waals surface area contributed by atoms with Crippen LogP contribution in [0.4, 0.5) is 0 Å². The predicted octanol–water partition coefficient (Wildman–Crippen LogP) is 4.82. The van der Waals surface area contributed by atoms with Crippen molar-refractivity contribution >= 4 is 40.9 Å². The van der Waals surface area contributed by atoms with Gasteiger partial charge in [0.05, 0.1) is 5.75 Å². The zero-order chi connectivity index (χ0) is 21.0. The Labute approximate surface area is 190 Å². The minimum atomic E-state index is -0.168. The third kappa shape index (κ3) is 4.99. The molecule has 1 fully saturated rings. The molecule has 0 aromatic heterocycles. The van der Waals surface area contributed by atoms with E-state index in [-0.39, 0.29) is 18.1 Å². The van der Waals surface area contributed by atoms with E-state index in [0.717, 1.165) is 35.5 Å². The van der Waals surface area contributed by atoms with Crippen LogP contribution in [0.5, 0.6) is 11.5 Å². The summed E-state index contributed by atoms with van der Waals surface area (Å²) in [5, 5.41) is 4.36. The lowest BCUT2D eigenvalue weighted by atomic mass is 9.74. The van der Waals surface area contributed by atoms with E-state index in [0.29, 0.717) is 41.3 Å². The standard InChI is InChI=1S/C22H23Cl2NO4S/c23-17-3-1-15(18(24)10-17)11-30-12-21(26)25-13-22(5-7-27-8-6-22)16-2-4-19-20(9-16)29-14-28-19/h1-4,9-10H,5-8,11-14H2,(H,25,26). The summed E-state index contributed by atoms with van der Waals surface area (Å²) in [4.78, 5) is 12.5. The summed E-state index contributed by atoms with van der Waals surface area (Å²) < 4.78 is 16.6. The molecule has 0 atom stereocenters. The second-order valence-corrected chi connectivity index (χ2v) is 9.30. The van der Waals surface area contributed by atoms with Crippen LogP contribution in [0.3, 0.4) is 0 Å². The zero-order valence-electron chi connectivity index (χ0n) is 16.4. The summed E-state index contributed by atoms with van der Waals surface area (Å²) >= 11 is 13.7. The Hall–Kier alpha value is -1.60. The van der Waals surface area contributed by atoms with Gasteiger partial charge in [0.25, 0.3) is 0 Å². The third-order valence-corrected chi connectivity index (χ3v) is 7.13. The SMILES string of the molecule is O=C(CSCc1ccc(Cl)cc1Cl)NCC1(c2ccc3c(c2)OCO3)CCOCC1. The normalized spacial score (nSPS) is 17.0. The van der Waals surface area contributed by atoms with Gasteiger partial charge in [0.1, 0.15) is 0 Å². The molecule has 0 radical (unpaired) electrons. The number of hydrogen-bond donors (Lipinski definition) is 1. The largest absolute Gasteiger partial charge is 0.454 e. The third-order valence-electron chi connectivity index (χ3n) is 5.56. The molecule has 8 heteroatoms. The van der Waals surface area contributed by atoms with Gasteiger partial charge in [0.2, 0.25) is 12.7 Å². The van der Waals surface area contributed by atoms with Crippen LogP contribution in [0, 0.1) is 0 Å². The molecule has 1 saturated heterocycles. The Morgan fingerprint density at radius 2 is 1.87 bits per heavy atom. The second kappa shape index (κ2) is 9.69. The first-order chi connectivity index (χ1) is 14.6. The minimum absolute atomic E-state index is 0.0108. The van der Waals surface area contributed by atoms with Crippen molar-refractivity contribution in [1.29, 1.82) is 0 Å². The molecular formula is C22H23Cl2NO4S. The van der Waals surface area contributed by atoms with E-state index < -0.39 is 0 Å². The summed E-state index contributed by atoms with van der Waals surface area (Å²) in [6, 6.07) is 11.5. The summed E-state index contributed by atoms with van der Waals surface area (Å²) in [7, 11) is 0. The zero-order valence-corrected chi connectivity index (χ0v) is 18.7. The smallest absolute Gasteiger partial charge is 0.231 e. The molecule has 0 bridgehead atoms. The molecule has 0 unspecified atom stereocenters. The van der Waals surface area contributed by atoms with E-state index in [1.165, 1.54) is 11.8 Å². The molecule has 0 saturated carbocycles. The lowest BCUT2D eigenvalue weighted by Gasteiger charge is -2.38. The molecular weight excluding hydrogens is 445 g/mol. The van der Waals surface area contributed by atoms with E-state index in [9.17, 15) is 4.79 Å². The molecule has 30 heavy (non-hydrogen) atoms. The fourth-order valence-corrected chi connectivity index (χ4v) is 5.18. The average molecular weight is 468 g/mol. The van der Waals surface area contributed by atoms with Crippen LogP contribution in [0.25, 0.3) is 0 Å². The van der Waals surface area contributed by atoms with E-state index in [1.807, 2.05) is 24.3 Å². The van der Waals surface area contributed by atoms with Crippen LogP contribution < -0.4 is 14.8 Å². The van der Waals surface area contributed by atoms with Crippen LogP contribution in [-0.2, 0) is 20.7 Å². The lowest BCUT2D eigenvalue weighted by Crippen LogP contribution is -2.45. The summed E-state index contributed by atoms with van der Waals surface area (Å²) in [6.07, 6.45) is 1.70. The van der Waals surface area contributed by atoms with Crippen molar-refractivity contribution in [3.05, 3.63) is 57.6 Å². The number of halogens is 2. The minimum Gasteiger partial charge on any atom is -0.454 e. The number of benzene rings is 2. The Kier molecular flexibility index (Phi) is 6.98. The summed E-state index contributed by atoms with van der Waals surface area (Å²) in [5.74, 6) is 2.57. The quantitative estimate of drug-likeness (QED) is 0.632. The highest BCUT2D eigenvalue weighted by Crippen LogP contribution is 2.40. The van der Waals surface area contributed by atoms with E-state index in [1.54, 1.807) is 6.07 Å². The van der Waals surface area contributed by atoms with Crippen LogP contribution >= 0.6 is 35.0 Å². The molecule has 5 nitrogen and oxygen atoms in total. The van der Waals surface area contributed by atoms with Crippen molar-refractivity contribution in [1.82, 2.24) is 5.32 Å². The fourth-order valence-electron chi connectivity index (χ4n) is 3.77. The number of carbonyl (C=O) groups is 1. The van der Waals surface area contributed by atoms with Crippen molar-refractivity contribution in [2.45, 2.75) is 24.0 Å². The Morgan fingerprint density at radius 3 is 2.67 bits per heavy atom. The van der Waals surface area contributed by atoms with E-state index in [4.69, 9.17) is 37.4 Å². The number of hydrogen-bond acceptors (Lipinski definition) is 5. The maximum absolute atomic E-state index is 12.5. The molecule has 2 heterocycles. The van der Waals surface area contributed by atoms with Gasteiger partial charge in [-0.2, -0.15) is 0 Å². The molecule has 0 aliphatic carbocycles. The van der Waals surface area contributed by atoms with Gasteiger partial charge in [0, 0.05) is 41.0 Å². The molecule has 1 N–H and O–H groups in total. The molecule has 4 rings (SSSR count). The van der Waals surface area contributed by atoms with Crippen molar-refractivity contribution in [2.75, 3.05) is 32.3 Å². The van der Waals surface area contributed by atoms with Gasteiger partial charge >= 0.3 is 0 Å². The highest BCUT2D eigenvalue weighted by molar-refractivity contribution is 7.99. The summed E-state index contributed by atoms with van der Waals surface area (Å²) in [6.45, 7) is 2.17. The number of thioether (sulfide) groups is 1. The van der Waals surface area contributed by atoms with Crippen LogP contribution in [0.1, 0.15) is 24.0 Å². The molecule has 0 spiro atoms. The first-order valence-corrected chi connectivity index (χ1v) is 11.7. The Balaban J connectivity index is 1.35. The van der Waals surface area contributed by atoms with Gasteiger partial charge in [0.15, 0.2) is 11.5 Å². The number of carbonyl (C=O) groups excluding carboxylic acids is 1. The number of amides is 1. The van der Waals surface area contributed by atoms with Gasteiger partial charge in [-0.1, -0.05) is 35.3 Å². The van der Waals surface area contributed by atoms with Gasteiger partial charge in [-0.25, -0.2) is 0 Å². The van der Waals surface area contributed by atoms with Crippen LogP contribution in [0.2, 0.25) is 10.0 Å². The maximum atomic E-state index is 12.5. The van der Waals surface area contributed by atoms with Gasteiger partial charge in [-0.3, -0.25) is 4.79 Å². The fraction of sp³-hybridized carbons (Fsp3) is 0.409. The Morgan fingerprint density at radius 1 is 1.07 bits per heavy atom. The maximum Gasteiger partial charge on any atom is 0.231 e. The topological polar surface area (TPSA) is 56.8 Å². The van der Waals surface area contributed by atoms with Gasteiger partial charge in [-0.15, -0.1) is 11.8 Å². The monoisotopic (exact) mass is 467 g/mol. The number of rotatable bonds is 7. The van der Waals surface area contributed by atoms with Crippen molar-refractivity contribution < 1.29 is 19.0 Å². The second-order valence-electron chi connectivity index (χ2n) is 7.47. The predicted molar refractivity (Wildman–Crippen MR) is 120 cm³/mol. The van der Waals surface area contributed by atoms with Gasteiger partial charge < -0.3 is 19.5 Å². The van der Waals surface area contributed by atoms with Gasteiger partial charge in [-0.05, 0) is 48.2 Å². The highest BCUT2D eigenvalue weighted by Gasteiger charge is 2.36. The molecule has 2 aromatic carbocycles. The first kappa shape index (κ1) is 21.6. The number of ether oxygens (including phenoxy) is 3. The van der Waals surface area contributed by atoms with Crippen LogP contribution in [-0.4, -0.2) is 38.2 Å².